The predicted octanol–water partition coefficient (Wildman–Crippen LogP) is 1.04. The van der Waals surface area contributed by atoms with E-state index in [-0.39, 0.29) is 32.7 Å². The summed E-state index contributed by atoms with van der Waals surface area (Å²) in [5, 5.41) is 8.46. The summed E-state index contributed by atoms with van der Waals surface area (Å²) in [6, 6.07) is 0. The minimum absolute atomic E-state index is 0.0769. The van der Waals surface area contributed by atoms with Gasteiger partial charge in [-0.15, -0.1) is 0 Å². The highest BCUT2D eigenvalue weighted by molar-refractivity contribution is 4.79. The zero-order chi connectivity index (χ0) is 8.32. The normalized spacial score (nSPS) is 30.3. The lowest BCUT2D eigenvalue weighted by molar-refractivity contribution is -0.145. The number of rotatable bonds is 2. The van der Waals surface area contributed by atoms with Crippen LogP contribution in [0.25, 0.3) is 0 Å². The first kappa shape index (κ1) is 8.87. The lowest BCUT2D eigenvalue weighted by atomic mass is 9.95. The van der Waals surface area contributed by atoms with Crippen molar-refractivity contribution < 1.29 is 18.6 Å². The Bertz CT molecular complexity index is 126. The third kappa shape index (κ3) is 2.10. The van der Waals surface area contributed by atoms with E-state index >= 15 is 0 Å². The molecule has 1 rings (SSSR count). The van der Waals surface area contributed by atoms with Gasteiger partial charge >= 0.3 is 0 Å². The Hall–Kier alpha value is -0.220. The Morgan fingerprint density at radius 2 is 2.27 bits per heavy atom. The van der Waals surface area contributed by atoms with Gasteiger partial charge in [0, 0.05) is 18.9 Å². The maximum absolute atomic E-state index is 12.9. The van der Waals surface area contributed by atoms with E-state index < -0.39 is 11.8 Å². The molecule has 0 aliphatic carbocycles. The van der Waals surface area contributed by atoms with Crippen LogP contribution in [0.3, 0.4) is 0 Å². The second kappa shape index (κ2) is 3.45. The monoisotopic (exact) mass is 166 g/mol. The SMILES string of the molecule is OCCC1COCCC1(F)F. The molecule has 1 aliphatic heterocycles. The van der Waals surface area contributed by atoms with E-state index in [0.29, 0.717) is 0 Å². The Labute approximate surface area is 64.2 Å². The summed E-state index contributed by atoms with van der Waals surface area (Å²) in [4.78, 5) is 0. The molecule has 2 nitrogen and oxygen atoms in total. The minimum Gasteiger partial charge on any atom is -0.396 e. The molecule has 0 radical (unpaired) electrons. The Balaban J connectivity index is 2.45. The molecule has 11 heavy (non-hydrogen) atoms. The second-order valence-corrected chi connectivity index (χ2v) is 2.80. The minimum atomic E-state index is -2.64. The molecule has 1 N–H and O–H groups in total. The molecule has 0 amide bonds. The maximum atomic E-state index is 12.9. The first-order valence-electron chi connectivity index (χ1n) is 3.73. The quantitative estimate of drug-likeness (QED) is 0.664. The van der Waals surface area contributed by atoms with Gasteiger partial charge in [-0.1, -0.05) is 0 Å². The van der Waals surface area contributed by atoms with E-state index in [4.69, 9.17) is 9.84 Å². The van der Waals surface area contributed by atoms with Gasteiger partial charge in [0.1, 0.15) is 0 Å². The van der Waals surface area contributed by atoms with Crippen LogP contribution < -0.4 is 0 Å². The summed E-state index contributed by atoms with van der Waals surface area (Å²) < 4.78 is 30.6. The van der Waals surface area contributed by atoms with Gasteiger partial charge < -0.3 is 9.84 Å². The molecule has 0 spiro atoms. The Morgan fingerprint density at radius 3 is 2.82 bits per heavy atom. The van der Waals surface area contributed by atoms with Gasteiger partial charge in [-0.2, -0.15) is 0 Å². The van der Waals surface area contributed by atoms with Gasteiger partial charge in [0.05, 0.1) is 13.2 Å². The van der Waals surface area contributed by atoms with Crippen molar-refractivity contribution in [2.45, 2.75) is 18.8 Å². The summed E-state index contributed by atoms with van der Waals surface area (Å²) in [6.07, 6.45) is -0.0787. The maximum Gasteiger partial charge on any atom is 0.255 e. The lowest BCUT2D eigenvalue weighted by Crippen LogP contribution is -2.38. The highest BCUT2D eigenvalue weighted by atomic mass is 19.3. The molecule has 0 saturated carbocycles. The van der Waals surface area contributed by atoms with E-state index in [1.807, 2.05) is 0 Å². The lowest BCUT2D eigenvalue weighted by Gasteiger charge is -2.30. The Morgan fingerprint density at radius 1 is 1.55 bits per heavy atom. The van der Waals surface area contributed by atoms with Crippen molar-refractivity contribution in [3.05, 3.63) is 0 Å². The van der Waals surface area contributed by atoms with Gasteiger partial charge in [0.25, 0.3) is 5.92 Å². The van der Waals surface area contributed by atoms with Crippen molar-refractivity contribution in [1.82, 2.24) is 0 Å². The molecule has 1 unspecified atom stereocenters. The largest absolute Gasteiger partial charge is 0.396 e. The fourth-order valence-electron chi connectivity index (χ4n) is 1.21. The summed E-state index contributed by atoms with van der Waals surface area (Å²) in [5.74, 6) is -3.43. The number of halogens is 2. The van der Waals surface area contributed by atoms with E-state index in [9.17, 15) is 8.78 Å². The number of ether oxygens (including phenoxy) is 1. The molecule has 0 aromatic rings. The zero-order valence-electron chi connectivity index (χ0n) is 6.22. The van der Waals surface area contributed by atoms with Gasteiger partial charge in [0.15, 0.2) is 0 Å². The van der Waals surface area contributed by atoms with E-state index in [1.54, 1.807) is 0 Å². The van der Waals surface area contributed by atoms with Crippen LogP contribution >= 0.6 is 0 Å². The number of aliphatic hydroxyl groups is 1. The molecule has 66 valence electrons. The van der Waals surface area contributed by atoms with Crippen LogP contribution in [-0.4, -0.2) is 30.8 Å². The van der Waals surface area contributed by atoms with Gasteiger partial charge in [-0.3, -0.25) is 0 Å². The molecule has 0 bridgehead atoms. The topological polar surface area (TPSA) is 29.5 Å². The Kier molecular flexibility index (Phi) is 2.78. The standard InChI is InChI=1S/C7H12F2O2/c8-7(9)2-4-11-5-6(7)1-3-10/h6,10H,1-5H2. The molecule has 4 heteroatoms. The highest BCUT2D eigenvalue weighted by Crippen LogP contribution is 2.33. The average molecular weight is 166 g/mol. The average Bonchev–Trinajstić information content (AvgIpc) is 1.94. The summed E-state index contributed by atoms with van der Waals surface area (Å²) in [6.45, 7) is 0.0199. The van der Waals surface area contributed by atoms with E-state index in [1.165, 1.54) is 0 Å². The molecule has 1 fully saturated rings. The zero-order valence-corrected chi connectivity index (χ0v) is 6.22. The molecule has 0 aromatic carbocycles. The van der Waals surface area contributed by atoms with Crippen LogP contribution in [0.2, 0.25) is 0 Å². The van der Waals surface area contributed by atoms with Gasteiger partial charge in [-0.25, -0.2) is 8.78 Å². The fourth-order valence-corrected chi connectivity index (χ4v) is 1.21. The van der Waals surface area contributed by atoms with Crippen molar-refractivity contribution in [2.24, 2.45) is 5.92 Å². The number of aliphatic hydroxyl groups excluding tert-OH is 1. The molecule has 1 aliphatic rings. The van der Waals surface area contributed by atoms with Crippen LogP contribution in [0.1, 0.15) is 12.8 Å². The number of alkyl halides is 2. The van der Waals surface area contributed by atoms with Gasteiger partial charge in [-0.05, 0) is 6.42 Å². The number of hydrogen-bond acceptors (Lipinski definition) is 2. The third-order valence-electron chi connectivity index (χ3n) is 1.97. The molecular weight excluding hydrogens is 154 g/mol. The number of hydrogen-bond donors (Lipinski definition) is 1. The molecule has 1 atom stereocenters. The van der Waals surface area contributed by atoms with Crippen molar-refractivity contribution in [1.29, 1.82) is 0 Å². The summed E-state index contributed by atoms with van der Waals surface area (Å²) >= 11 is 0. The van der Waals surface area contributed by atoms with Crippen molar-refractivity contribution in [3.63, 3.8) is 0 Å². The van der Waals surface area contributed by atoms with Crippen LogP contribution in [0.4, 0.5) is 8.78 Å². The van der Waals surface area contributed by atoms with Crippen molar-refractivity contribution >= 4 is 0 Å². The second-order valence-electron chi connectivity index (χ2n) is 2.80. The van der Waals surface area contributed by atoms with Gasteiger partial charge in [0.2, 0.25) is 0 Å². The summed E-state index contributed by atoms with van der Waals surface area (Å²) in [7, 11) is 0. The first-order valence-corrected chi connectivity index (χ1v) is 3.73. The van der Waals surface area contributed by atoms with Crippen LogP contribution in [0.5, 0.6) is 0 Å². The van der Waals surface area contributed by atoms with Crippen LogP contribution in [0, 0.1) is 5.92 Å². The molecule has 1 heterocycles. The highest BCUT2D eigenvalue weighted by Gasteiger charge is 2.41. The predicted molar refractivity (Wildman–Crippen MR) is 35.6 cm³/mol. The van der Waals surface area contributed by atoms with Crippen LogP contribution in [0.15, 0.2) is 0 Å². The van der Waals surface area contributed by atoms with Crippen molar-refractivity contribution in [3.8, 4) is 0 Å². The first-order chi connectivity index (χ1) is 5.17. The molecule has 1 saturated heterocycles. The van der Waals surface area contributed by atoms with E-state index in [2.05, 4.69) is 0 Å². The van der Waals surface area contributed by atoms with E-state index in [0.717, 1.165) is 0 Å². The fraction of sp³-hybridized carbons (Fsp3) is 1.00. The molecule has 0 aromatic heterocycles. The van der Waals surface area contributed by atoms with Crippen molar-refractivity contribution in [2.75, 3.05) is 19.8 Å². The van der Waals surface area contributed by atoms with Crippen LogP contribution in [-0.2, 0) is 4.74 Å². The summed E-state index contributed by atoms with van der Waals surface area (Å²) in [5.41, 5.74) is 0. The smallest absolute Gasteiger partial charge is 0.255 e. The third-order valence-corrected chi connectivity index (χ3v) is 1.97. The molecular formula is C7H12F2O2.